The van der Waals surface area contributed by atoms with Gasteiger partial charge in [-0.15, -0.1) is 13.2 Å². The number of halogens is 3. The van der Waals surface area contributed by atoms with Gasteiger partial charge in [-0.25, -0.2) is 4.98 Å². The summed E-state index contributed by atoms with van der Waals surface area (Å²) in [6, 6.07) is 11.2. The summed E-state index contributed by atoms with van der Waals surface area (Å²) in [4.78, 5) is 19.0. The predicted octanol–water partition coefficient (Wildman–Crippen LogP) is 6.77. The van der Waals surface area contributed by atoms with Crippen molar-refractivity contribution in [1.82, 2.24) is 14.5 Å². The van der Waals surface area contributed by atoms with Crippen LogP contribution in [0.2, 0.25) is 0 Å². The third kappa shape index (κ3) is 5.71. The van der Waals surface area contributed by atoms with E-state index in [0.717, 1.165) is 30.3 Å². The molecule has 1 fully saturated rings. The highest BCUT2D eigenvalue weighted by atomic mass is 19.4. The van der Waals surface area contributed by atoms with Gasteiger partial charge in [0.1, 0.15) is 5.75 Å². The molecule has 1 saturated carbocycles. The molecule has 0 radical (unpaired) electrons. The molecule has 4 rings (SSSR count). The molecule has 0 unspecified atom stereocenters. The zero-order valence-electron chi connectivity index (χ0n) is 20.6. The first-order chi connectivity index (χ1) is 16.3. The number of aromatic nitrogens is 2. The van der Waals surface area contributed by atoms with Gasteiger partial charge in [0.05, 0.1) is 11.0 Å². The number of amides is 1. The van der Waals surface area contributed by atoms with Gasteiger partial charge in [-0.1, -0.05) is 20.8 Å². The molecule has 1 N–H and O–H groups in total. The van der Waals surface area contributed by atoms with Crippen LogP contribution in [0.5, 0.6) is 5.75 Å². The number of hydrogen-bond donors (Lipinski definition) is 1. The number of fused-ring (bicyclic) bond motifs is 1. The van der Waals surface area contributed by atoms with Gasteiger partial charge in [0.25, 0.3) is 5.91 Å². The van der Waals surface area contributed by atoms with E-state index in [0.29, 0.717) is 23.1 Å². The van der Waals surface area contributed by atoms with Crippen molar-refractivity contribution in [3.05, 3.63) is 48.0 Å². The first kappa shape index (κ1) is 24.9. The SMILES string of the molecule is C[C@H]1C[C@H](n2c(Nc3ccc(OC(F)(F)F)cc3)nc3ccc(C(=O)N(C)C)cc32)CC(C)(C)C1. The van der Waals surface area contributed by atoms with Crippen molar-refractivity contribution in [2.24, 2.45) is 11.3 Å². The Balaban J connectivity index is 1.76. The van der Waals surface area contributed by atoms with E-state index < -0.39 is 6.36 Å². The Hall–Kier alpha value is -3.23. The largest absolute Gasteiger partial charge is 0.573 e. The average Bonchev–Trinajstić information content (AvgIpc) is 3.09. The quantitative estimate of drug-likeness (QED) is 0.431. The molecule has 2 atom stereocenters. The van der Waals surface area contributed by atoms with Crippen molar-refractivity contribution in [1.29, 1.82) is 0 Å². The zero-order chi connectivity index (χ0) is 25.5. The van der Waals surface area contributed by atoms with Gasteiger partial charge < -0.3 is 19.5 Å². The Labute approximate surface area is 203 Å². The number of carbonyl (C=O) groups excluding carboxylic acids is 1. The van der Waals surface area contributed by atoms with Crippen molar-refractivity contribution >= 4 is 28.6 Å². The number of nitrogens with zero attached hydrogens (tertiary/aromatic N) is 3. The van der Waals surface area contributed by atoms with Gasteiger partial charge in [-0.05, 0) is 73.1 Å². The molecule has 1 aromatic heterocycles. The summed E-state index contributed by atoms with van der Waals surface area (Å²) in [6.07, 6.45) is -1.70. The maximum absolute atomic E-state index is 12.6. The lowest BCUT2D eigenvalue weighted by molar-refractivity contribution is -0.274. The summed E-state index contributed by atoms with van der Waals surface area (Å²) in [5, 5.41) is 3.28. The molecule has 188 valence electrons. The molecule has 1 aliphatic carbocycles. The summed E-state index contributed by atoms with van der Waals surface area (Å²) in [5.74, 6) is 0.728. The molecule has 1 aliphatic rings. The van der Waals surface area contributed by atoms with Crippen LogP contribution in [0.4, 0.5) is 24.8 Å². The van der Waals surface area contributed by atoms with Crippen molar-refractivity contribution in [3.63, 3.8) is 0 Å². The van der Waals surface area contributed by atoms with E-state index in [2.05, 4.69) is 35.4 Å². The molecule has 0 aliphatic heterocycles. The normalized spacial score (nSPS) is 20.0. The third-order valence-corrected chi connectivity index (χ3v) is 6.42. The monoisotopic (exact) mass is 488 g/mol. The standard InChI is InChI=1S/C26H31F3N4O2/c1-16-12-19(15-25(2,3)14-16)33-22-13-17(23(34)32(4)5)6-11-21(22)31-24(33)30-18-7-9-20(10-8-18)35-26(27,28)29/h6-11,13,16,19H,12,14-15H2,1-5H3,(H,30,31)/t16-,19-/m0/s1. The number of carbonyl (C=O) groups is 1. The molecule has 35 heavy (non-hydrogen) atoms. The van der Waals surface area contributed by atoms with E-state index in [1.165, 1.54) is 29.2 Å². The zero-order valence-corrected chi connectivity index (χ0v) is 20.6. The predicted molar refractivity (Wildman–Crippen MR) is 130 cm³/mol. The fraction of sp³-hybridized carbons (Fsp3) is 0.462. The average molecular weight is 489 g/mol. The molecule has 1 amide bonds. The van der Waals surface area contributed by atoms with E-state index in [1.54, 1.807) is 20.2 Å². The smallest absolute Gasteiger partial charge is 0.406 e. The van der Waals surface area contributed by atoms with Gasteiger partial charge in [0.2, 0.25) is 5.95 Å². The highest BCUT2D eigenvalue weighted by Crippen LogP contribution is 2.46. The minimum absolute atomic E-state index is 0.0910. The molecule has 6 nitrogen and oxygen atoms in total. The van der Waals surface area contributed by atoms with Gasteiger partial charge >= 0.3 is 6.36 Å². The lowest BCUT2D eigenvalue weighted by atomic mass is 9.70. The number of alkyl halides is 3. The molecule has 0 spiro atoms. The van der Waals surface area contributed by atoms with Crippen LogP contribution in [0, 0.1) is 11.3 Å². The van der Waals surface area contributed by atoms with Crippen LogP contribution < -0.4 is 10.1 Å². The van der Waals surface area contributed by atoms with Crippen molar-refractivity contribution in [2.75, 3.05) is 19.4 Å². The number of benzene rings is 2. The Bertz CT molecular complexity index is 1220. The second-order valence-electron chi connectivity index (χ2n) is 10.5. The minimum Gasteiger partial charge on any atom is -0.406 e. The Kier molecular flexibility index (Phi) is 6.46. The van der Waals surface area contributed by atoms with Crippen LogP contribution in [0.3, 0.4) is 0 Å². The van der Waals surface area contributed by atoms with Crippen LogP contribution >= 0.6 is 0 Å². The maximum Gasteiger partial charge on any atom is 0.573 e. The van der Waals surface area contributed by atoms with Crippen LogP contribution in [0.1, 0.15) is 56.4 Å². The molecular weight excluding hydrogens is 457 g/mol. The molecule has 3 aromatic rings. The molecule has 0 saturated heterocycles. The van der Waals surface area contributed by atoms with Crippen LogP contribution in [-0.2, 0) is 0 Å². The van der Waals surface area contributed by atoms with E-state index in [1.807, 2.05) is 12.1 Å². The molecule has 0 bridgehead atoms. The van der Waals surface area contributed by atoms with Crippen LogP contribution in [0.25, 0.3) is 11.0 Å². The summed E-state index contributed by atoms with van der Waals surface area (Å²) in [6.45, 7) is 6.78. The first-order valence-corrected chi connectivity index (χ1v) is 11.7. The van der Waals surface area contributed by atoms with Gasteiger partial charge in [0, 0.05) is 31.4 Å². The van der Waals surface area contributed by atoms with E-state index in [-0.39, 0.29) is 23.1 Å². The van der Waals surface area contributed by atoms with Crippen molar-refractivity contribution in [3.8, 4) is 5.75 Å². The second-order valence-corrected chi connectivity index (χ2v) is 10.5. The minimum atomic E-state index is -4.74. The number of anilines is 2. The van der Waals surface area contributed by atoms with Crippen molar-refractivity contribution < 1.29 is 22.7 Å². The van der Waals surface area contributed by atoms with Gasteiger partial charge in [0.15, 0.2) is 0 Å². The Morgan fingerprint density at radius 2 is 1.83 bits per heavy atom. The topological polar surface area (TPSA) is 59.4 Å². The second kappa shape index (κ2) is 9.09. The van der Waals surface area contributed by atoms with E-state index >= 15 is 0 Å². The summed E-state index contributed by atoms with van der Waals surface area (Å²) < 4.78 is 43.7. The molecule has 2 aromatic carbocycles. The number of rotatable bonds is 5. The fourth-order valence-electron chi connectivity index (χ4n) is 5.30. The summed E-state index contributed by atoms with van der Waals surface area (Å²) in [5.41, 5.74) is 2.91. The Morgan fingerprint density at radius 1 is 1.14 bits per heavy atom. The van der Waals surface area contributed by atoms with Gasteiger partial charge in [-0.2, -0.15) is 0 Å². The number of hydrogen-bond acceptors (Lipinski definition) is 4. The van der Waals surface area contributed by atoms with Gasteiger partial charge in [-0.3, -0.25) is 4.79 Å². The van der Waals surface area contributed by atoms with Crippen LogP contribution in [-0.4, -0.2) is 40.8 Å². The number of imidazole rings is 1. The van der Waals surface area contributed by atoms with Crippen LogP contribution in [0.15, 0.2) is 42.5 Å². The maximum atomic E-state index is 12.6. The van der Waals surface area contributed by atoms with E-state index in [9.17, 15) is 18.0 Å². The summed E-state index contributed by atoms with van der Waals surface area (Å²) >= 11 is 0. The Morgan fingerprint density at radius 3 is 2.43 bits per heavy atom. The first-order valence-electron chi connectivity index (χ1n) is 11.7. The highest BCUT2D eigenvalue weighted by Gasteiger charge is 2.35. The third-order valence-electron chi connectivity index (χ3n) is 6.42. The lowest BCUT2D eigenvalue weighted by Gasteiger charge is -2.40. The highest BCUT2D eigenvalue weighted by molar-refractivity contribution is 5.97. The number of nitrogens with one attached hydrogen (secondary N) is 1. The lowest BCUT2D eigenvalue weighted by Crippen LogP contribution is -2.30. The fourth-order valence-corrected chi connectivity index (χ4v) is 5.30. The number of ether oxygens (including phenoxy) is 1. The van der Waals surface area contributed by atoms with E-state index in [4.69, 9.17) is 4.98 Å². The molecule has 1 heterocycles. The summed E-state index contributed by atoms with van der Waals surface area (Å²) in [7, 11) is 3.43. The molecular formula is C26H31F3N4O2. The van der Waals surface area contributed by atoms with Crippen molar-refractivity contribution in [2.45, 2.75) is 52.4 Å². The molecule has 9 heteroatoms.